The Labute approximate surface area is 106 Å². The second kappa shape index (κ2) is 5.35. The van der Waals surface area contributed by atoms with E-state index in [-0.39, 0.29) is 5.95 Å². The first-order chi connectivity index (χ1) is 8.67. The van der Waals surface area contributed by atoms with E-state index in [0.717, 1.165) is 17.0 Å². The SMILES string of the molecule is COc1ccc(COc2cc(C)nc(N)n2)cc1. The summed E-state index contributed by atoms with van der Waals surface area (Å²) < 4.78 is 10.6. The number of aromatic nitrogens is 2. The van der Waals surface area contributed by atoms with Crippen LogP contribution in [0.4, 0.5) is 5.95 Å². The molecule has 2 N–H and O–H groups in total. The van der Waals surface area contributed by atoms with Crippen LogP contribution < -0.4 is 15.2 Å². The lowest BCUT2D eigenvalue weighted by Crippen LogP contribution is -2.02. The van der Waals surface area contributed by atoms with Crippen LogP contribution in [0.1, 0.15) is 11.3 Å². The van der Waals surface area contributed by atoms with Gasteiger partial charge in [0.1, 0.15) is 12.4 Å². The molecule has 0 aliphatic rings. The highest BCUT2D eigenvalue weighted by atomic mass is 16.5. The van der Waals surface area contributed by atoms with Crippen LogP contribution in [-0.2, 0) is 6.61 Å². The van der Waals surface area contributed by atoms with Gasteiger partial charge in [0, 0.05) is 11.8 Å². The fourth-order valence-electron chi connectivity index (χ4n) is 1.51. The monoisotopic (exact) mass is 245 g/mol. The van der Waals surface area contributed by atoms with E-state index in [1.165, 1.54) is 0 Å². The molecule has 0 fully saturated rings. The van der Waals surface area contributed by atoms with E-state index in [4.69, 9.17) is 15.2 Å². The van der Waals surface area contributed by atoms with Gasteiger partial charge in [0.15, 0.2) is 0 Å². The largest absolute Gasteiger partial charge is 0.497 e. The molecule has 5 nitrogen and oxygen atoms in total. The number of hydrogen-bond donors (Lipinski definition) is 1. The Morgan fingerprint density at radius 3 is 2.50 bits per heavy atom. The summed E-state index contributed by atoms with van der Waals surface area (Å²) in [5, 5.41) is 0. The van der Waals surface area contributed by atoms with Gasteiger partial charge in [-0.25, -0.2) is 4.98 Å². The molecule has 94 valence electrons. The third-order valence-electron chi connectivity index (χ3n) is 2.39. The molecule has 0 atom stereocenters. The molecule has 0 amide bonds. The third kappa shape index (κ3) is 3.10. The van der Waals surface area contributed by atoms with Crippen molar-refractivity contribution < 1.29 is 9.47 Å². The number of nitrogens with zero attached hydrogens (tertiary/aromatic N) is 2. The van der Waals surface area contributed by atoms with E-state index >= 15 is 0 Å². The Morgan fingerprint density at radius 2 is 1.89 bits per heavy atom. The summed E-state index contributed by atoms with van der Waals surface area (Å²) in [5.74, 6) is 1.52. The molecule has 0 bridgehead atoms. The van der Waals surface area contributed by atoms with Gasteiger partial charge in [0.2, 0.25) is 11.8 Å². The van der Waals surface area contributed by atoms with Crippen LogP contribution in [0.15, 0.2) is 30.3 Å². The van der Waals surface area contributed by atoms with Crippen molar-refractivity contribution in [1.82, 2.24) is 9.97 Å². The van der Waals surface area contributed by atoms with Crippen LogP contribution in [-0.4, -0.2) is 17.1 Å². The van der Waals surface area contributed by atoms with Crippen molar-refractivity contribution in [3.63, 3.8) is 0 Å². The maximum atomic E-state index is 5.56. The standard InChI is InChI=1S/C13H15N3O2/c1-9-7-12(16-13(14)15-9)18-8-10-3-5-11(17-2)6-4-10/h3-7H,8H2,1-2H3,(H2,14,15,16). The number of nitrogen functional groups attached to an aromatic ring is 1. The van der Waals surface area contributed by atoms with Crippen LogP contribution in [0.5, 0.6) is 11.6 Å². The topological polar surface area (TPSA) is 70.3 Å². The Kier molecular flexibility index (Phi) is 3.62. The highest BCUT2D eigenvalue weighted by Gasteiger charge is 2.01. The van der Waals surface area contributed by atoms with Gasteiger partial charge in [0.05, 0.1) is 7.11 Å². The maximum Gasteiger partial charge on any atom is 0.223 e. The number of hydrogen-bond acceptors (Lipinski definition) is 5. The average Bonchev–Trinajstić information content (AvgIpc) is 2.36. The lowest BCUT2D eigenvalue weighted by molar-refractivity contribution is 0.293. The summed E-state index contributed by atoms with van der Waals surface area (Å²) in [6.45, 7) is 2.28. The minimum atomic E-state index is 0.222. The molecule has 18 heavy (non-hydrogen) atoms. The van der Waals surface area contributed by atoms with E-state index in [1.54, 1.807) is 13.2 Å². The molecule has 0 saturated carbocycles. The van der Waals surface area contributed by atoms with Gasteiger partial charge < -0.3 is 15.2 Å². The van der Waals surface area contributed by atoms with Crippen molar-refractivity contribution in [2.75, 3.05) is 12.8 Å². The predicted octanol–water partition coefficient (Wildman–Crippen LogP) is 1.95. The van der Waals surface area contributed by atoms with E-state index < -0.39 is 0 Å². The molecule has 0 radical (unpaired) electrons. The highest BCUT2D eigenvalue weighted by Crippen LogP contribution is 2.15. The summed E-state index contributed by atoms with van der Waals surface area (Å²) >= 11 is 0. The Hall–Kier alpha value is -2.30. The van der Waals surface area contributed by atoms with Crippen molar-refractivity contribution in [2.45, 2.75) is 13.5 Å². The second-order valence-corrected chi connectivity index (χ2v) is 3.84. The molecule has 0 spiro atoms. The van der Waals surface area contributed by atoms with Gasteiger partial charge in [-0.2, -0.15) is 4.98 Å². The lowest BCUT2D eigenvalue weighted by atomic mass is 10.2. The minimum absolute atomic E-state index is 0.222. The number of aryl methyl sites for hydroxylation is 1. The van der Waals surface area contributed by atoms with Crippen LogP contribution in [0, 0.1) is 6.92 Å². The zero-order valence-electron chi connectivity index (χ0n) is 10.4. The van der Waals surface area contributed by atoms with Crippen molar-refractivity contribution >= 4 is 5.95 Å². The summed E-state index contributed by atoms with van der Waals surface area (Å²) in [5.41, 5.74) is 7.36. The van der Waals surface area contributed by atoms with E-state index in [2.05, 4.69) is 9.97 Å². The van der Waals surface area contributed by atoms with Crippen molar-refractivity contribution in [2.24, 2.45) is 0 Å². The fraction of sp³-hybridized carbons (Fsp3) is 0.231. The van der Waals surface area contributed by atoms with Crippen LogP contribution >= 0.6 is 0 Å². The molecule has 2 rings (SSSR count). The highest BCUT2D eigenvalue weighted by molar-refractivity contribution is 5.28. The molecule has 1 heterocycles. The number of benzene rings is 1. The van der Waals surface area contributed by atoms with Crippen LogP contribution in [0.3, 0.4) is 0 Å². The zero-order chi connectivity index (χ0) is 13.0. The first-order valence-corrected chi connectivity index (χ1v) is 5.54. The van der Waals surface area contributed by atoms with Crippen molar-refractivity contribution in [3.05, 3.63) is 41.6 Å². The van der Waals surface area contributed by atoms with Gasteiger partial charge in [-0.3, -0.25) is 0 Å². The fourth-order valence-corrected chi connectivity index (χ4v) is 1.51. The van der Waals surface area contributed by atoms with Gasteiger partial charge in [-0.15, -0.1) is 0 Å². The van der Waals surface area contributed by atoms with E-state index in [0.29, 0.717) is 12.5 Å². The van der Waals surface area contributed by atoms with Crippen LogP contribution in [0.25, 0.3) is 0 Å². The second-order valence-electron chi connectivity index (χ2n) is 3.84. The van der Waals surface area contributed by atoms with Crippen molar-refractivity contribution in [3.8, 4) is 11.6 Å². The Bertz CT molecular complexity index is 506. The summed E-state index contributed by atoms with van der Waals surface area (Å²) in [6.07, 6.45) is 0. The molecule has 0 aliphatic carbocycles. The Morgan fingerprint density at radius 1 is 1.17 bits per heavy atom. The maximum absolute atomic E-state index is 5.56. The molecule has 5 heteroatoms. The molecule has 1 aromatic heterocycles. The van der Waals surface area contributed by atoms with E-state index in [1.807, 2.05) is 31.2 Å². The Balaban J connectivity index is 2.01. The number of anilines is 1. The lowest BCUT2D eigenvalue weighted by Gasteiger charge is -2.07. The number of ether oxygens (including phenoxy) is 2. The van der Waals surface area contributed by atoms with Gasteiger partial charge in [-0.1, -0.05) is 12.1 Å². The number of rotatable bonds is 4. The summed E-state index contributed by atoms with van der Waals surface area (Å²) in [6, 6.07) is 9.41. The molecule has 1 aromatic carbocycles. The molecule has 0 saturated heterocycles. The van der Waals surface area contributed by atoms with Crippen LogP contribution in [0.2, 0.25) is 0 Å². The van der Waals surface area contributed by atoms with Crippen molar-refractivity contribution in [1.29, 1.82) is 0 Å². The van der Waals surface area contributed by atoms with E-state index in [9.17, 15) is 0 Å². The minimum Gasteiger partial charge on any atom is -0.497 e. The molecule has 2 aromatic rings. The predicted molar refractivity (Wildman–Crippen MR) is 68.5 cm³/mol. The molecule has 0 aliphatic heterocycles. The molecular formula is C13H15N3O2. The van der Waals surface area contributed by atoms with Gasteiger partial charge in [0.25, 0.3) is 0 Å². The average molecular weight is 245 g/mol. The zero-order valence-corrected chi connectivity index (χ0v) is 10.4. The third-order valence-corrected chi connectivity index (χ3v) is 2.39. The van der Waals surface area contributed by atoms with Gasteiger partial charge in [-0.05, 0) is 24.6 Å². The number of nitrogens with two attached hydrogens (primary N) is 1. The number of methoxy groups -OCH3 is 1. The smallest absolute Gasteiger partial charge is 0.223 e. The first-order valence-electron chi connectivity index (χ1n) is 5.54. The quantitative estimate of drug-likeness (QED) is 0.891. The summed E-state index contributed by atoms with van der Waals surface area (Å²) in [7, 11) is 1.64. The molecular weight excluding hydrogens is 230 g/mol. The van der Waals surface area contributed by atoms with Gasteiger partial charge >= 0.3 is 0 Å². The molecule has 0 unspecified atom stereocenters. The summed E-state index contributed by atoms with van der Waals surface area (Å²) in [4.78, 5) is 7.98. The normalized spacial score (nSPS) is 10.1. The first kappa shape index (κ1) is 12.2.